The SMILES string of the molecule is COCC(C)(NC(=O)C1CCCCC1NC(=O)OCC1c2ccccc2-c2ccccc21)C(=O)O. The van der Waals surface area contributed by atoms with Crippen molar-refractivity contribution in [3.8, 4) is 11.1 Å². The third kappa shape index (κ3) is 5.17. The number of hydrogen-bond donors (Lipinski definition) is 3. The first kappa shape index (κ1) is 24.7. The van der Waals surface area contributed by atoms with E-state index in [9.17, 15) is 19.5 Å². The third-order valence-corrected chi connectivity index (χ3v) is 7.05. The lowest BCUT2D eigenvalue weighted by atomic mass is 9.83. The van der Waals surface area contributed by atoms with E-state index in [1.54, 1.807) is 0 Å². The van der Waals surface area contributed by atoms with Crippen LogP contribution in [0.2, 0.25) is 0 Å². The van der Waals surface area contributed by atoms with Crippen LogP contribution in [0.15, 0.2) is 48.5 Å². The highest BCUT2D eigenvalue weighted by Crippen LogP contribution is 2.44. The maximum Gasteiger partial charge on any atom is 0.407 e. The van der Waals surface area contributed by atoms with Crippen LogP contribution in [0.25, 0.3) is 11.1 Å². The fourth-order valence-corrected chi connectivity index (χ4v) is 5.21. The van der Waals surface area contributed by atoms with Crippen LogP contribution in [0.4, 0.5) is 4.79 Å². The number of hydrogen-bond acceptors (Lipinski definition) is 5. The van der Waals surface area contributed by atoms with Crippen LogP contribution >= 0.6 is 0 Å². The molecule has 2 aromatic rings. The summed E-state index contributed by atoms with van der Waals surface area (Å²) in [5.41, 5.74) is 3.01. The number of alkyl carbamates (subject to hydrolysis) is 1. The van der Waals surface area contributed by atoms with Crippen LogP contribution in [0.5, 0.6) is 0 Å². The van der Waals surface area contributed by atoms with Gasteiger partial charge in [-0.05, 0) is 42.0 Å². The lowest BCUT2D eigenvalue weighted by Gasteiger charge is -2.34. The fraction of sp³-hybridized carbons (Fsp3) is 0.444. The van der Waals surface area contributed by atoms with E-state index in [2.05, 4.69) is 34.9 Å². The van der Waals surface area contributed by atoms with Crippen molar-refractivity contribution in [2.24, 2.45) is 5.92 Å². The Morgan fingerprint density at radius 1 is 1.00 bits per heavy atom. The van der Waals surface area contributed by atoms with Gasteiger partial charge in [-0.2, -0.15) is 0 Å². The lowest BCUT2D eigenvalue weighted by Crippen LogP contribution is -2.59. The van der Waals surface area contributed by atoms with E-state index in [1.165, 1.54) is 14.0 Å². The van der Waals surface area contributed by atoms with Crippen LogP contribution < -0.4 is 10.6 Å². The highest BCUT2D eigenvalue weighted by Gasteiger charge is 2.40. The monoisotopic (exact) mass is 480 g/mol. The molecule has 8 nitrogen and oxygen atoms in total. The van der Waals surface area contributed by atoms with Crippen LogP contribution in [-0.4, -0.2) is 55.0 Å². The van der Waals surface area contributed by atoms with Crippen LogP contribution in [0.3, 0.4) is 0 Å². The van der Waals surface area contributed by atoms with Crippen molar-refractivity contribution in [2.45, 2.75) is 50.1 Å². The molecule has 0 spiro atoms. The van der Waals surface area contributed by atoms with Gasteiger partial charge in [-0.25, -0.2) is 9.59 Å². The lowest BCUT2D eigenvalue weighted by molar-refractivity contribution is -0.150. The normalized spacial score (nSPS) is 20.7. The summed E-state index contributed by atoms with van der Waals surface area (Å²) < 4.78 is 10.6. The van der Waals surface area contributed by atoms with Gasteiger partial charge >= 0.3 is 12.1 Å². The number of aliphatic carboxylic acids is 1. The van der Waals surface area contributed by atoms with E-state index in [4.69, 9.17) is 9.47 Å². The first-order valence-electron chi connectivity index (χ1n) is 12.0. The van der Waals surface area contributed by atoms with Crippen LogP contribution in [0.1, 0.15) is 49.7 Å². The highest BCUT2D eigenvalue weighted by molar-refractivity contribution is 5.88. The number of carbonyl (C=O) groups is 3. The van der Waals surface area contributed by atoms with E-state index >= 15 is 0 Å². The molecule has 2 amide bonds. The first-order valence-corrected chi connectivity index (χ1v) is 12.0. The quantitative estimate of drug-likeness (QED) is 0.531. The minimum atomic E-state index is -1.54. The van der Waals surface area contributed by atoms with Gasteiger partial charge in [-0.1, -0.05) is 61.4 Å². The first-order chi connectivity index (χ1) is 16.8. The number of carbonyl (C=O) groups excluding carboxylic acids is 2. The molecule has 3 unspecified atom stereocenters. The molecular weight excluding hydrogens is 448 g/mol. The second kappa shape index (κ2) is 10.5. The molecule has 2 aliphatic carbocycles. The number of rotatable bonds is 8. The van der Waals surface area contributed by atoms with Crippen molar-refractivity contribution in [1.82, 2.24) is 10.6 Å². The second-order valence-electron chi connectivity index (χ2n) is 9.53. The summed E-state index contributed by atoms with van der Waals surface area (Å²) in [6, 6.07) is 15.8. The van der Waals surface area contributed by atoms with Gasteiger partial charge in [0.25, 0.3) is 0 Å². The molecule has 2 aromatic carbocycles. The summed E-state index contributed by atoms with van der Waals surface area (Å²) in [6.07, 6.45) is 2.30. The molecule has 8 heteroatoms. The zero-order chi connectivity index (χ0) is 25.0. The van der Waals surface area contributed by atoms with E-state index in [0.717, 1.165) is 35.1 Å². The molecule has 3 atom stereocenters. The van der Waals surface area contributed by atoms with Crippen LogP contribution in [-0.2, 0) is 19.1 Å². The maximum atomic E-state index is 13.0. The minimum Gasteiger partial charge on any atom is -0.479 e. The Balaban J connectivity index is 1.40. The molecular formula is C27H32N2O6. The maximum absolute atomic E-state index is 13.0. The topological polar surface area (TPSA) is 114 Å². The summed E-state index contributed by atoms with van der Waals surface area (Å²) in [7, 11) is 1.38. The molecule has 0 radical (unpaired) electrons. The Hall–Kier alpha value is -3.39. The molecule has 0 aromatic heterocycles. The summed E-state index contributed by atoms with van der Waals surface area (Å²) in [4.78, 5) is 37.5. The molecule has 2 aliphatic rings. The standard InChI is InChI=1S/C27H32N2O6/c1-27(16-34-2,25(31)32)29-24(30)21-13-7-8-14-23(21)28-26(33)35-15-22-19-11-5-3-9-17(19)18-10-4-6-12-20(18)22/h3-6,9-12,21-23H,7-8,13-16H2,1-2H3,(H,28,33)(H,29,30)(H,31,32). The van der Waals surface area contributed by atoms with Gasteiger partial charge in [0.15, 0.2) is 5.54 Å². The van der Waals surface area contributed by atoms with Crippen LogP contribution in [0, 0.1) is 5.92 Å². The third-order valence-electron chi connectivity index (χ3n) is 7.05. The molecule has 4 rings (SSSR count). The van der Waals surface area contributed by atoms with E-state index in [-0.39, 0.29) is 19.1 Å². The zero-order valence-corrected chi connectivity index (χ0v) is 20.1. The van der Waals surface area contributed by atoms with Crippen molar-refractivity contribution in [3.05, 3.63) is 59.7 Å². The molecule has 0 aliphatic heterocycles. The van der Waals surface area contributed by atoms with Gasteiger partial charge in [0.05, 0.1) is 12.5 Å². The van der Waals surface area contributed by atoms with Gasteiger partial charge in [0.1, 0.15) is 6.61 Å². The molecule has 1 fully saturated rings. The smallest absolute Gasteiger partial charge is 0.407 e. The van der Waals surface area contributed by atoms with Crippen molar-refractivity contribution in [2.75, 3.05) is 20.3 Å². The molecule has 1 saturated carbocycles. The fourth-order valence-electron chi connectivity index (χ4n) is 5.21. The van der Waals surface area contributed by atoms with Gasteiger partial charge < -0.3 is 25.2 Å². The predicted molar refractivity (Wildman–Crippen MR) is 130 cm³/mol. The van der Waals surface area contributed by atoms with Crippen molar-refractivity contribution >= 4 is 18.0 Å². The van der Waals surface area contributed by atoms with Crippen molar-refractivity contribution in [1.29, 1.82) is 0 Å². The number of ether oxygens (including phenoxy) is 2. The number of nitrogens with one attached hydrogen (secondary N) is 2. The Morgan fingerprint density at radius 3 is 2.20 bits per heavy atom. The predicted octanol–water partition coefficient (Wildman–Crippen LogP) is 3.69. The van der Waals surface area contributed by atoms with E-state index < -0.39 is 35.5 Å². The minimum absolute atomic E-state index is 0.0519. The van der Waals surface area contributed by atoms with Crippen molar-refractivity contribution < 1.29 is 29.0 Å². The van der Waals surface area contributed by atoms with Gasteiger partial charge in [0.2, 0.25) is 5.91 Å². The second-order valence-corrected chi connectivity index (χ2v) is 9.53. The van der Waals surface area contributed by atoms with E-state index in [0.29, 0.717) is 12.8 Å². The number of benzene rings is 2. The summed E-state index contributed by atoms with van der Waals surface area (Å²) >= 11 is 0. The molecule has 3 N–H and O–H groups in total. The van der Waals surface area contributed by atoms with E-state index in [1.807, 2.05) is 24.3 Å². The number of methoxy groups -OCH3 is 1. The Bertz CT molecular complexity index is 1060. The average Bonchev–Trinajstić information content (AvgIpc) is 3.17. The molecule has 35 heavy (non-hydrogen) atoms. The summed E-state index contributed by atoms with van der Waals surface area (Å²) in [5.74, 6) is -2.18. The van der Waals surface area contributed by atoms with Gasteiger partial charge in [0, 0.05) is 19.1 Å². The number of amides is 2. The molecule has 0 saturated heterocycles. The largest absolute Gasteiger partial charge is 0.479 e. The number of carboxylic acids is 1. The molecule has 186 valence electrons. The molecule has 0 bridgehead atoms. The number of carboxylic acid groups (broad SMARTS) is 1. The Morgan fingerprint density at radius 2 is 1.60 bits per heavy atom. The number of fused-ring (bicyclic) bond motifs is 3. The summed E-state index contributed by atoms with van der Waals surface area (Å²) in [6.45, 7) is 1.44. The Labute approximate surface area is 205 Å². The van der Waals surface area contributed by atoms with Crippen molar-refractivity contribution in [3.63, 3.8) is 0 Å². The highest BCUT2D eigenvalue weighted by atomic mass is 16.5. The summed E-state index contributed by atoms with van der Waals surface area (Å²) in [5, 5.41) is 15.0. The average molecular weight is 481 g/mol. The molecule has 0 heterocycles. The Kier molecular flexibility index (Phi) is 7.40. The van der Waals surface area contributed by atoms with Gasteiger partial charge in [-0.3, -0.25) is 4.79 Å². The van der Waals surface area contributed by atoms with Gasteiger partial charge in [-0.15, -0.1) is 0 Å². The zero-order valence-electron chi connectivity index (χ0n) is 20.1.